The maximum atomic E-state index is 6.19. The van der Waals surface area contributed by atoms with Gasteiger partial charge in [-0.25, -0.2) is 4.98 Å². The molecule has 2 rings (SSSR count). The van der Waals surface area contributed by atoms with Gasteiger partial charge in [-0.2, -0.15) is 0 Å². The van der Waals surface area contributed by atoms with Crippen molar-refractivity contribution >= 4 is 11.3 Å². The molecule has 0 bridgehead atoms. The molecule has 4 heteroatoms. The van der Waals surface area contributed by atoms with Gasteiger partial charge >= 0.3 is 0 Å². The second-order valence-corrected chi connectivity index (χ2v) is 6.21. The van der Waals surface area contributed by atoms with Gasteiger partial charge in [-0.1, -0.05) is 20.8 Å². The van der Waals surface area contributed by atoms with Crippen molar-refractivity contribution in [1.29, 1.82) is 0 Å². The summed E-state index contributed by atoms with van der Waals surface area (Å²) in [4.78, 5) is 4.56. The van der Waals surface area contributed by atoms with Crippen LogP contribution in [0, 0.1) is 12.3 Å². The zero-order valence-electron chi connectivity index (χ0n) is 10.7. The molecule has 0 amide bonds. The molecule has 92 valence electrons. The molecule has 2 aromatic rings. The molecule has 0 saturated heterocycles. The Morgan fingerprint density at radius 2 is 2.06 bits per heavy atom. The first-order chi connectivity index (χ1) is 7.88. The van der Waals surface area contributed by atoms with E-state index < -0.39 is 0 Å². The molecular formula is C13H18N2OS. The zero-order chi connectivity index (χ0) is 12.6. The van der Waals surface area contributed by atoms with E-state index in [2.05, 4.69) is 25.8 Å². The molecule has 2 aromatic heterocycles. The summed E-state index contributed by atoms with van der Waals surface area (Å²) < 4.78 is 5.55. The van der Waals surface area contributed by atoms with E-state index in [1.54, 1.807) is 11.3 Å². The smallest absolute Gasteiger partial charge is 0.153 e. The molecule has 2 heterocycles. The van der Waals surface area contributed by atoms with E-state index in [0.717, 1.165) is 22.2 Å². The van der Waals surface area contributed by atoms with E-state index in [0.29, 0.717) is 0 Å². The molecule has 0 aliphatic rings. The van der Waals surface area contributed by atoms with Crippen molar-refractivity contribution in [2.45, 2.75) is 33.7 Å². The van der Waals surface area contributed by atoms with Crippen LogP contribution in [-0.2, 0) is 0 Å². The first-order valence-corrected chi connectivity index (χ1v) is 6.53. The Morgan fingerprint density at radius 1 is 1.35 bits per heavy atom. The molecule has 0 saturated carbocycles. The number of aryl methyl sites for hydroxylation is 1. The first-order valence-electron chi connectivity index (χ1n) is 5.66. The van der Waals surface area contributed by atoms with Crippen LogP contribution in [0.25, 0.3) is 11.5 Å². The van der Waals surface area contributed by atoms with Crippen molar-refractivity contribution in [3.8, 4) is 11.5 Å². The Bertz CT molecular complexity index is 507. The minimum Gasteiger partial charge on any atom is -0.460 e. The molecule has 3 nitrogen and oxygen atoms in total. The number of nitrogens with two attached hydrogens (primary N) is 1. The van der Waals surface area contributed by atoms with Crippen LogP contribution in [0.15, 0.2) is 21.9 Å². The van der Waals surface area contributed by atoms with Crippen LogP contribution in [0.1, 0.15) is 37.6 Å². The Hall–Kier alpha value is -1.13. The highest BCUT2D eigenvalue weighted by atomic mass is 32.1. The summed E-state index contributed by atoms with van der Waals surface area (Å²) in [6, 6.07) is 3.84. The van der Waals surface area contributed by atoms with Gasteiger partial charge < -0.3 is 10.2 Å². The predicted octanol–water partition coefficient (Wildman–Crippen LogP) is 3.76. The Balaban J connectivity index is 2.28. The van der Waals surface area contributed by atoms with E-state index in [1.165, 1.54) is 0 Å². The van der Waals surface area contributed by atoms with Crippen LogP contribution in [0.2, 0.25) is 0 Å². The minimum absolute atomic E-state index is 0.0220. The third-order valence-corrected chi connectivity index (χ3v) is 3.64. The van der Waals surface area contributed by atoms with Crippen LogP contribution < -0.4 is 5.73 Å². The van der Waals surface area contributed by atoms with Crippen molar-refractivity contribution in [3.63, 3.8) is 0 Å². The second-order valence-electron chi connectivity index (χ2n) is 5.32. The third-order valence-electron chi connectivity index (χ3n) is 2.71. The summed E-state index contributed by atoms with van der Waals surface area (Å²) in [5.74, 6) is 1.71. The number of thiazole rings is 1. The Morgan fingerprint density at radius 3 is 2.59 bits per heavy atom. The van der Waals surface area contributed by atoms with Crippen LogP contribution in [-0.4, -0.2) is 4.98 Å². The normalized spacial score (nSPS) is 13.9. The van der Waals surface area contributed by atoms with Crippen molar-refractivity contribution in [1.82, 2.24) is 4.98 Å². The SMILES string of the molecule is Cc1ccc(-c2csc(C(N)C(C)(C)C)n2)o1. The molecule has 0 aliphatic carbocycles. The summed E-state index contributed by atoms with van der Waals surface area (Å²) >= 11 is 1.59. The van der Waals surface area contributed by atoms with Gasteiger partial charge in [0.05, 0.1) is 6.04 Å². The topological polar surface area (TPSA) is 52.0 Å². The molecule has 0 radical (unpaired) electrons. The second kappa shape index (κ2) is 4.27. The summed E-state index contributed by atoms with van der Waals surface area (Å²) in [5.41, 5.74) is 7.08. The van der Waals surface area contributed by atoms with Crippen LogP contribution in [0.3, 0.4) is 0 Å². The van der Waals surface area contributed by atoms with Gasteiger partial charge in [0.1, 0.15) is 16.5 Å². The van der Waals surface area contributed by atoms with Gasteiger partial charge in [0.2, 0.25) is 0 Å². The fourth-order valence-electron chi connectivity index (χ4n) is 1.49. The molecule has 0 fully saturated rings. The zero-order valence-corrected chi connectivity index (χ0v) is 11.5. The van der Waals surface area contributed by atoms with Gasteiger partial charge in [-0.05, 0) is 24.5 Å². The largest absolute Gasteiger partial charge is 0.460 e. The van der Waals surface area contributed by atoms with Crippen molar-refractivity contribution in [3.05, 3.63) is 28.3 Å². The van der Waals surface area contributed by atoms with Crippen molar-refractivity contribution in [2.75, 3.05) is 0 Å². The molecule has 17 heavy (non-hydrogen) atoms. The minimum atomic E-state index is -0.0442. The van der Waals surface area contributed by atoms with E-state index in [-0.39, 0.29) is 11.5 Å². The predicted molar refractivity (Wildman–Crippen MR) is 70.9 cm³/mol. The van der Waals surface area contributed by atoms with Crippen LogP contribution in [0.5, 0.6) is 0 Å². The summed E-state index contributed by atoms with van der Waals surface area (Å²) in [7, 11) is 0. The number of nitrogens with zero attached hydrogens (tertiary/aromatic N) is 1. The van der Waals surface area contributed by atoms with E-state index in [1.807, 2.05) is 24.4 Å². The lowest BCUT2D eigenvalue weighted by atomic mass is 9.88. The van der Waals surface area contributed by atoms with E-state index in [4.69, 9.17) is 10.2 Å². The van der Waals surface area contributed by atoms with Gasteiger partial charge in [0, 0.05) is 5.38 Å². The molecule has 0 spiro atoms. The molecule has 0 aliphatic heterocycles. The summed E-state index contributed by atoms with van der Waals surface area (Å²) in [6.45, 7) is 8.29. The highest BCUT2D eigenvalue weighted by Gasteiger charge is 2.25. The van der Waals surface area contributed by atoms with Crippen LogP contribution >= 0.6 is 11.3 Å². The molecule has 2 N–H and O–H groups in total. The molecule has 1 atom stereocenters. The maximum absolute atomic E-state index is 6.19. The Labute approximate surface area is 106 Å². The quantitative estimate of drug-likeness (QED) is 0.883. The van der Waals surface area contributed by atoms with Crippen molar-refractivity contribution < 1.29 is 4.42 Å². The van der Waals surface area contributed by atoms with Crippen LogP contribution in [0.4, 0.5) is 0 Å². The summed E-state index contributed by atoms with van der Waals surface area (Å²) in [5, 5.41) is 2.96. The van der Waals surface area contributed by atoms with Crippen molar-refractivity contribution in [2.24, 2.45) is 11.1 Å². The lowest BCUT2D eigenvalue weighted by Crippen LogP contribution is -2.26. The maximum Gasteiger partial charge on any atom is 0.153 e. The average molecular weight is 250 g/mol. The fourth-order valence-corrected chi connectivity index (χ4v) is 2.54. The highest BCUT2D eigenvalue weighted by Crippen LogP contribution is 2.34. The lowest BCUT2D eigenvalue weighted by Gasteiger charge is -2.24. The van der Waals surface area contributed by atoms with E-state index in [9.17, 15) is 0 Å². The van der Waals surface area contributed by atoms with Gasteiger partial charge in [0.25, 0.3) is 0 Å². The average Bonchev–Trinajstić information content (AvgIpc) is 2.83. The molecule has 0 aromatic carbocycles. The summed E-state index contributed by atoms with van der Waals surface area (Å²) in [6.07, 6.45) is 0. The van der Waals surface area contributed by atoms with E-state index >= 15 is 0 Å². The molecule has 1 unspecified atom stereocenters. The standard InChI is InChI=1S/C13H18N2OS/c1-8-5-6-10(16-8)9-7-17-12(15-9)11(14)13(2,3)4/h5-7,11H,14H2,1-4H3. The number of rotatable bonds is 2. The number of aromatic nitrogens is 1. The highest BCUT2D eigenvalue weighted by molar-refractivity contribution is 7.10. The van der Waals surface area contributed by atoms with Gasteiger partial charge in [-0.15, -0.1) is 11.3 Å². The lowest BCUT2D eigenvalue weighted by molar-refractivity contribution is 0.326. The first kappa shape index (κ1) is 12.3. The number of hydrogen-bond donors (Lipinski definition) is 1. The Kier molecular flexibility index (Phi) is 3.10. The number of hydrogen-bond acceptors (Lipinski definition) is 4. The molecular weight excluding hydrogens is 232 g/mol. The monoisotopic (exact) mass is 250 g/mol. The third kappa shape index (κ3) is 2.58. The number of furan rings is 1. The fraction of sp³-hybridized carbons (Fsp3) is 0.462. The van der Waals surface area contributed by atoms with Gasteiger partial charge in [0.15, 0.2) is 5.76 Å². The van der Waals surface area contributed by atoms with Gasteiger partial charge in [-0.3, -0.25) is 0 Å².